The zero-order valence-electron chi connectivity index (χ0n) is 11.3. The number of hydrogen-bond donors (Lipinski definition) is 0. The summed E-state index contributed by atoms with van der Waals surface area (Å²) in [4.78, 5) is 0.619. The Morgan fingerprint density at radius 2 is 2.00 bits per heavy atom. The number of aryl methyl sites for hydroxylation is 1. The summed E-state index contributed by atoms with van der Waals surface area (Å²) in [6.07, 6.45) is 8.06. The molecule has 0 aliphatic heterocycles. The van der Waals surface area contributed by atoms with Gasteiger partial charge in [0.25, 0.3) is 0 Å². The van der Waals surface area contributed by atoms with E-state index in [1.54, 1.807) is 0 Å². The van der Waals surface area contributed by atoms with Gasteiger partial charge in [0.15, 0.2) is 0 Å². The van der Waals surface area contributed by atoms with E-state index in [4.69, 9.17) is 16.3 Å². The number of ether oxygens (including phenoxy) is 1. The maximum Gasteiger partial charge on any atom is 0.138 e. The lowest BCUT2D eigenvalue weighted by atomic mass is 9.58. The Morgan fingerprint density at radius 3 is 2.68 bits per heavy atom. The second kappa shape index (κ2) is 5.29. The molecule has 0 bridgehead atoms. The highest BCUT2D eigenvalue weighted by Crippen LogP contribution is 2.56. The first-order valence-corrected chi connectivity index (χ1v) is 8.48. The van der Waals surface area contributed by atoms with Crippen LogP contribution in [-0.4, -0.2) is 10.9 Å². The lowest BCUT2D eigenvalue weighted by Crippen LogP contribution is -2.57. The summed E-state index contributed by atoms with van der Waals surface area (Å²) in [7, 11) is 0. The molecule has 0 radical (unpaired) electrons. The van der Waals surface area contributed by atoms with Gasteiger partial charge in [-0.3, -0.25) is 0 Å². The normalized spacial score (nSPS) is 29.0. The molecular weight excluding hydrogens is 324 g/mol. The molecular formula is C16H20BrClO. The van der Waals surface area contributed by atoms with Gasteiger partial charge in [-0.25, -0.2) is 0 Å². The van der Waals surface area contributed by atoms with Crippen molar-refractivity contribution in [3.05, 3.63) is 28.8 Å². The van der Waals surface area contributed by atoms with Crippen LogP contribution in [0, 0.1) is 12.3 Å². The van der Waals surface area contributed by atoms with Crippen LogP contribution in [0.3, 0.4) is 0 Å². The maximum atomic E-state index is 6.26. The van der Waals surface area contributed by atoms with E-state index in [-0.39, 0.29) is 0 Å². The molecule has 0 N–H and O–H groups in total. The van der Waals surface area contributed by atoms with Gasteiger partial charge in [0.1, 0.15) is 11.9 Å². The van der Waals surface area contributed by atoms with Crippen molar-refractivity contribution < 1.29 is 4.74 Å². The van der Waals surface area contributed by atoms with Crippen LogP contribution < -0.4 is 4.74 Å². The van der Waals surface area contributed by atoms with Crippen LogP contribution in [0.4, 0.5) is 0 Å². The molecule has 104 valence electrons. The minimum Gasteiger partial charge on any atom is -0.488 e. The van der Waals surface area contributed by atoms with Crippen molar-refractivity contribution in [3.63, 3.8) is 0 Å². The van der Waals surface area contributed by atoms with Crippen molar-refractivity contribution in [3.8, 4) is 5.75 Å². The third-order valence-corrected chi connectivity index (χ3v) is 6.42. The van der Waals surface area contributed by atoms with Gasteiger partial charge in [-0.2, -0.15) is 0 Å². The van der Waals surface area contributed by atoms with Gasteiger partial charge in [-0.15, -0.1) is 0 Å². The highest BCUT2D eigenvalue weighted by atomic mass is 79.9. The SMILES string of the molecule is Cc1ccc(Cl)c(OC2CC(Br)C23CCCCC3)c1. The summed E-state index contributed by atoms with van der Waals surface area (Å²) in [5.41, 5.74) is 1.55. The lowest BCUT2D eigenvalue weighted by molar-refractivity contribution is -0.0601. The minimum atomic E-state index is 0.330. The summed E-state index contributed by atoms with van der Waals surface area (Å²) in [5.74, 6) is 0.857. The van der Waals surface area contributed by atoms with Crippen molar-refractivity contribution in [1.82, 2.24) is 0 Å². The molecule has 0 aromatic heterocycles. The van der Waals surface area contributed by atoms with Crippen LogP contribution in [0.1, 0.15) is 44.1 Å². The molecule has 2 aliphatic rings. The van der Waals surface area contributed by atoms with Crippen molar-refractivity contribution in [2.45, 2.75) is 56.4 Å². The smallest absolute Gasteiger partial charge is 0.138 e. The third kappa shape index (κ3) is 2.42. The van der Waals surface area contributed by atoms with E-state index < -0.39 is 0 Å². The second-order valence-electron chi connectivity index (χ2n) is 6.04. The van der Waals surface area contributed by atoms with Crippen LogP contribution in [0.2, 0.25) is 5.02 Å². The van der Waals surface area contributed by atoms with Crippen molar-refractivity contribution in [2.24, 2.45) is 5.41 Å². The molecule has 3 rings (SSSR count). The first kappa shape index (κ1) is 13.8. The number of benzene rings is 1. The second-order valence-corrected chi connectivity index (χ2v) is 7.55. The Hall–Kier alpha value is -0.210. The van der Waals surface area contributed by atoms with Crippen LogP contribution in [0.15, 0.2) is 18.2 Å². The van der Waals surface area contributed by atoms with Crippen molar-refractivity contribution in [1.29, 1.82) is 0 Å². The van der Waals surface area contributed by atoms with E-state index >= 15 is 0 Å². The average molecular weight is 344 g/mol. The molecule has 19 heavy (non-hydrogen) atoms. The van der Waals surface area contributed by atoms with Crippen molar-refractivity contribution >= 4 is 27.5 Å². The van der Waals surface area contributed by atoms with E-state index in [0.717, 1.165) is 17.2 Å². The monoisotopic (exact) mass is 342 g/mol. The largest absolute Gasteiger partial charge is 0.488 e. The van der Waals surface area contributed by atoms with Gasteiger partial charge in [-0.05, 0) is 43.9 Å². The fourth-order valence-corrected chi connectivity index (χ4v) is 4.82. The Kier molecular flexibility index (Phi) is 3.83. The number of hydrogen-bond acceptors (Lipinski definition) is 1. The van der Waals surface area contributed by atoms with Crippen LogP contribution in [0.5, 0.6) is 5.75 Å². The van der Waals surface area contributed by atoms with E-state index in [0.29, 0.717) is 16.3 Å². The molecule has 2 unspecified atom stereocenters. The number of alkyl halides is 1. The molecule has 2 atom stereocenters. The maximum absolute atomic E-state index is 6.26. The minimum absolute atomic E-state index is 0.330. The number of rotatable bonds is 2. The standard InChI is InChI=1S/C16H20BrClO/c1-11-5-6-12(18)13(9-11)19-15-10-14(17)16(15)7-3-2-4-8-16/h5-6,9,14-15H,2-4,7-8,10H2,1H3. The average Bonchev–Trinajstić information content (AvgIpc) is 2.43. The van der Waals surface area contributed by atoms with Crippen molar-refractivity contribution in [2.75, 3.05) is 0 Å². The third-order valence-electron chi connectivity index (χ3n) is 4.83. The van der Waals surface area contributed by atoms with Gasteiger partial charge >= 0.3 is 0 Å². The molecule has 2 aliphatic carbocycles. The predicted molar refractivity (Wildman–Crippen MR) is 83.5 cm³/mol. The summed E-state index contributed by atoms with van der Waals surface area (Å²) in [6.45, 7) is 2.08. The Bertz CT molecular complexity index is 468. The Morgan fingerprint density at radius 1 is 1.26 bits per heavy atom. The van der Waals surface area contributed by atoms with Crippen LogP contribution in [-0.2, 0) is 0 Å². The molecule has 2 fully saturated rings. The van der Waals surface area contributed by atoms with E-state index in [9.17, 15) is 0 Å². The highest BCUT2D eigenvalue weighted by Gasteiger charge is 2.55. The molecule has 1 nitrogen and oxygen atoms in total. The van der Waals surface area contributed by atoms with Gasteiger partial charge < -0.3 is 4.74 Å². The molecule has 1 aromatic carbocycles. The molecule has 1 spiro atoms. The Balaban J connectivity index is 1.78. The quantitative estimate of drug-likeness (QED) is 0.643. The summed E-state index contributed by atoms with van der Waals surface area (Å²) in [5, 5.41) is 0.731. The first-order valence-electron chi connectivity index (χ1n) is 7.19. The lowest BCUT2D eigenvalue weighted by Gasteiger charge is -2.55. The fraction of sp³-hybridized carbons (Fsp3) is 0.625. The zero-order chi connectivity index (χ0) is 13.5. The molecule has 0 heterocycles. The molecule has 2 saturated carbocycles. The number of halogens is 2. The topological polar surface area (TPSA) is 9.23 Å². The summed E-state index contributed by atoms with van der Waals surface area (Å²) < 4.78 is 6.26. The van der Waals surface area contributed by atoms with E-state index in [1.807, 2.05) is 12.1 Å². The van der Waals surface area contributed by atoms with E-state index in [2.05, 4.69) is 28.9 Å². The van der Waals surface area contributed by atoms with Gasteiger partial charge in [0.2, 0.25) is 0 Å². The van der Waals surface area contributed by atoms with Gasteiger partial charge in [0.05, 0.1) is 5.02 Å². The van der Waals surface area contributed by atoms with Crippen LogP contribution >= 0.6 is 27.5 Å². The van der Waals surface area contributed by atoms with E-state index in [1.165, 1.54) is 37.7 Å². The Labute approximate surface area is 128 Å². The molecule has 0 amide bonds. The summed E-state index contributed by atoms with van der Waals surface area (Å²) >= 11 is 10.1. The first-order chi connectivity index (χ1) is 9.12. The zero-order valence-corrected chi connectivity index (χ0v) is 13.6. The molecule has 3 heteroatoms. The van der Waals surface area contributed by atoms with Gasteiger partial charge in [0, 0.05) is 10.2 Å². The highest BCUT2D eigenvalue weighted by molar-refractivity contribution is 9.09. The molecule has 1 aromatic rings. The predicted octanol–water partition coefficient (Wildman–Crippen LogP) is 5.51. The summed E-state index contributed by atoms with van der Waals surface area (Å²) in [6, 6.07) is 6.02. The van der Waals surface area contributed by atoms with Gasteiger partial charge in [-0.1, -0.05) is 52.9 Å². The molecule has 0 saturated heterocycles. The fourth-order valence-electron chi connectivity index (χ4n) is 3.56. The van der Waals surface area contributed by atoms with Crippen LogP contribution in [0.25, 0.3) is 0 Å².